The maximum absolute atomic E-state index is 12.8. The lowest BCUT2D eigenvalue weighted by atomic mass is 9.85. The normalized spacial score (nSPS) is 12.8. The largest absolute Gasteiger partial charge is 0.466 e. The third-order valence-electron chi connectivity index (χ3n) is 5.67. The van der Waals surface area contributed by atoms with Crippen molar-refractivity contribution in [2.24, 2.45) is 11.8 Å². The van der Waals surface area contributed by atoms with Crippen molar-refractivity contribution in [1.29, 1.82) is 0 Å². The van der Waals surface area contributed by atoms with Crippen molar-refractivity contribution in [3.63, 3.8) is 0 Å². The number of nitrogens with one attached hydrogen (secondary N) is 1. The van der Waals surface area contributed by atoms with Crippen molar-refractivity contribution in [3.8, 4) is 11.1 Å². The predicted molar refractivity (Wildman–Crippen MR) is 134 cm³/mol. The fourth-order valence-electron chi connectivity index (χ4n) is 4.01. The summed E-state index contributed by atoms with van der Waals surface area (Å²) in [4.78, 5) is 36.8. The molecule has 35 heavy (non-hydrogen) atoms. The van der Waals surface area contributed by atoms with E-state index in [1.807, 2.05) is 55.5 Å². The molecule has 1 N–H and O–H groups in total. The highest BCUT2D eigenvalue weighted by atomic mass is 35.5. The quantitative estimate of drug-likeness (QED) is 0.252. The minimum absolute atomic E-state index is 0.0196. The Labute approximate surface area is 209 Å². The lowest BCUT2D eigenvalue weighted by molar-refractivity contribution is -0.151. The molecule has 0 aliphatic heterocycles. The Hall–Kier alpha value is -3.16. The minimum Gasteiger partial charge on any atom is -0.466 e. The zero-order valence-corrected chi connectivity index (χ0v) is 20.7. The van der Waals surface area contributed by atoms with Crippen molar-refractivity contribution >= 4 is 23.4 Å². The maximum Gasteiger partial charge on any atom is 0.311 e. The van der Waals surface area contributed by atoms with Crippen LogP contribution in [0.1, 0.15) is 42.8 Å². The second-order valence-electron chi connectivity index (χ2n) is 8.33. The van der Waals surface area contributed by atoms with Gasteiger partial charge in [-0.1, -0.05) is 48.0 Å². The van der Waals surface area contributed by atoms with E-state index in [-0.39, 0.29) is 43.1 Å². The lowest BCUT2D eigenvalue weighted by Gasteiger charge is -2.22. The van der Waals surface area contributed by atoms with E-state index in [1.54, 1.807) is 6.92 Å². The molecule has 186 valence electrons. The highest BCUT2D eigenvalue weighted by molar-refractivity contribution is 6.30. The van der Waals surface area contributed by atoms with Crippen molar-refractivity contribution in [2.75, 3.05) is 19.8 Å². The summed E-state index contributed by atoms with van der Waals surface area (Å²) in [5.41, 5.74) is 2.58. The molecule has 1 aromatic heterocycles. The van der Waals surface area contributed by atoms with Gasteiger partial charge in [0.1, 0.15) is 0 Å². The molecule has 0 radical (unpaired) electrons. The molecule has 3 rings (SSSR count). The van der Waals surface area contributed by atoms with Gasteiger partial charge in [-0.25, -0.2) is 0 Å². The Kier molecular flexibility index (Phi) is 9.87. The molecule has 0 fully saturated rings. The summed E-state index contributed by atoms with van der Waals surface area (Å²) in [6.07, 6.45) is 1.06. The predicted octanol–water partition coefficient (Wildman–Crippen LogP) is 5.33. The van der Waals surface area contributed by atoms with Crippen LogP contribution in [0.2, 0.25) is 5.02 Å². The van der Waals surface area contributed by atoms with Crippen LogP contribution in [-0.2, 0) is 20.7 Å². The molecular weight excluding hydrogens is 470 g/mol. The number of aromatic amines is 1. The molecule has 7 nitrogen and oxygen atoms in total. The molecule has 3 aromatic rings. The number of ketones is 1. The molecule has 0 aliphatic carbocycles. The zero-order valence-electron chi connectivity index (χ0n) is 19.9. The molecule has 1 heterocycles. The van der Waals surface area contributed by atoms with E-state index < -0.39 is 11.5 Å². The van der Waals surface area contributed by atoms with Crippen LogP contribution in [0.25, 0.3) is 11.1 Å². The number of hydrogen-bond donors (Lipinski definition) is 1. The van der Waals surface area contributed by atoms with Gasteiger partial charge in [-0.2, -0.15) is 5.16 Å². The van der Waals surface area contributed by atoms with Crippen molar-refractivity contribution in [1.82, 2.24) is 5.16 Å². The van der Waals surface area contributed by atoms with Gasteiger partial charge in [0.15, 0.2) is 0 Å². The number of carbonyl (C=O) groups is 2. The summed E-state index contributed by atoms with van der Waals surface area (Å²) in [7, 11) is 0. The average molecular weight is 500 g/mol. The van der Waals surface area contributed by atoms with Crippen LogP contribution >= 0.6 is 11.6 Å². The van der Waals surface area contributed by atoms with E-state index in [0.29, 0.717) is 24.5 Å². The summed E-state index contributed by atoms with van der Waals surface area (Å²) >= 11 is 6.12. The van der Waals surface area contributed by atoms with E-state index in [0.717, 1.165) is 22.8 Å². The lowest BCUT2D eigenvalue weighted by Crippen LogP contribution is -2.27. The monoisotopic (exact) mass is 499 g/mol. The summed E-state index contributed by atoms with van der Waals surface area (Å²) < 4.78 is 15.8. The Morgan fingerprint density at radius 1 is 1.03 bits per heavy atom. The number of rotatable bonds is 13. The molecule has 0 saturated carbocycles. The number of ether oxygens (including phenoxy) is 2. The number of benzene rings is 2. The number of esters is 1. The highest BCUT2D eigenvalue weighted by Crippen LogP contribution is 2.27. The Morgan fingerprint density at radius 2 is 1.80 bits per heavy atom. The van der Waals surface area contributed by atoms with Gasteiger partial charge in [0.2, 0.25) is 11.5 Å². The van der Waals surface area contributed by atoms with Crippen LogP contribution in [0.3, 0.4) is 0 Å². The topological polar surface area (TPSA) is 98.6 Å². The van der Waals surface area contributed by atoms with Gasteiger partial charge in [0.05, 0.1) is 25.2 Å². The minimum atomic E-state index is -0.503. The third-order valence-corrected chi connectivity index (χ3v) is 5.90. The smallest absolute Gasteiger partial charge is 0.311 e. The molecule has 0 amide bonds. The first kappa shape index (κ1) is 26.4. The molecule has 8 heteroatoms. The molecular formula is C27H30ClNO6. The molecule has 2 aromatic carbocycles. The summed E-state index contributed by atoms with van der Waals surface area (Å²) in [6, 6.07) is 16.8. The first-order valence-electron chi connectivity index (χ1n) is 11.7. The number of H-pyrrole nitrogens is 1. The van der Waals surface area contributed by atoms with Gasteiger partial charge < -0.3 is 14.0 Å². The SMILES string of the molecule is CCOC[C@H](C[C@H](CC(=O)c1cc(=O)[nH]o1)Cc1ccc(-c2cccc(Cl)c2)cc1)C(=O)OCC. The van der Waals surface area contributed by atoms with Crippen LogP contribution < -0.4 is 5.56 Å². The van der Waals surface area contributed by atoms with Crippen LogP contribution in [0, 0.1) is 11.8 Å². The highest BCUT2D eigenvalue weighted by Gasteiger charge is 2.27. The summed E-state index contributed by atoms with van der Waals surface area (Å²) in [5.74, 6) is -1.37. The van der Waals surface area contributed by atoms with Crippen LogP contribution in [0.5, 0.6) is 0 Å². The van der Waals surface area contributed by atoms with Crippen molar-refractivity contribution in [3.05, 3.63) is 81.3 Å². The second kappa shape index (κ2) is 13.1. The Morgan fingerprint density at radius 3 is 2.43 bits per heavy atom. The van der Waals surface area contributed by atoms with Crippen LogP contribution in [0.15, 0.2) is 63.9 Å². The van der Waals surface area contributed by atoms with Gasteiger partial charge in [0, 0.05) is 18.1 Å². The van der Waals surface area contributed by atoms with E-state index in [1.165, 1.54) is 0 Å². The molecule has 0 bridgehead atoms. The van der Waals surface area contributed by atoms with E-state index in [9.17, 15) is 14.4 Å². The Bertz CT molecular complexity index is 1170. The van der Waals surface area contributed by atoms with Gasteiger partial charge in [0.25, 0.3) is 5.56 Å². The molecule has 0 spiro atoms. The van der Waals surface area contributed by atoms with Gasteiger partial charge >= 0.3 is 5.97 Å². The molecule has 0 aliphatic rings. The third kappa shape index (κ3) is 7.94. The van der Waals surface area contributed by atoms with E-state index in [2.05, 4.69) is 5.16 Å². The van der Waals surface area contributed by atoms with Crippen LogP contribution in [-0.4, -0.2) is 36.7 Å². The second-order valence-corrected chi connectivity index (χ2v) is 8.76. The maximum atomic E-state index is 12.8. The molecule has 0 unspecified atom stereocenters. The standard InChI is InChI=1S/C27H30ClNO6/c1-3-33-17-22(27(32)34-4-2)13-19(14-24(30)25-16-26(31)29-35-25)12-18-8-10-20(11-9-18)21-6-5-7-23(28)15-21/h5-11,15-16,19,22H,3-4,12-14,17H2,1-2H3,(H,29,31)/t19-,22+/m1/s1. The first-order valence-corrected chi connectivity index (χ1v) is 12.1. The Balaban J connectivity index is 1.80. The number of Topliss-reactive ketones (excluding diaryl/α,β-unsaturated/α-hetero) is 1. The van der Waals surface area contributed by atoms with Gasteiger partial charge in [-0.05, 0) is 61.4 Å². The molecule has 0 saturated heterocycles. The fraction of sp³-hybridized carbons (Fsp3) is 0.370. The average Bonchev–Trinajstić information content (AvgIpc) is 3.28. The fourth-order valence-corrected chi connectivity index (χ4v) is 4.20. The van der Waals surface area contributed by atoms with Crippen molar-refractivity contribution < 1.29 is 23.6 Å². The summed E-state index contributed by atoms with van der Waals surface area (Å²) in [6.45, 7) is 4.57. The van der Waals surface area contributed by atoms with Gasteiger partial charge in [-0.15, -0.1) is 0 Å². The van der Waals surface area contributed by atoms with E-state index in [4.69, 9.17) is 25.6 Å². The summed E-state index contributed by atoms with van der Waals surface area (Å²) in [5, 5.41) is 2.81. The number of hydrogen-bond acceptors (Lipinski definition) is 6. The van der Waals surface area contributed by atoms with Gasteiger partial charge in [-0.3, -0.25) is 14.4 Å². The number of carbonyl (C=O) groups excluding carboxylic acids is 2. The number of aromatic nitrogens is 1. The van der Waals surface area contributed by atoms with Crippen molar-refractivity contribution in [2.45, 2.75) is 33.1 Å². The van der Waals surface area contributed by atoms with Crippen LogP contribution in [0.4, 0.5) is 0 Å². The van der Waals surface area contributed by atoms with E-state index >= 15 is 0 Å². The first-order chi connectivity index (χ1) is 16.9. The zero-order chi connectivity index (χ0) is 25.2. The number of halogens is 1. The molecule has 2 atom stereocenters.